The monoisotopic (exact) mass is 522 g/mol. The molecule has 8 nitrogen and oxygen atoms in total. The first-order valence-corrected chi connectivity index (χ1v) is 12.5. The van der Waals surface area contributed by atoms with Crippen molar-refractivity contribution < 1.29 is 23.1 Å². The number of fused-ring (bicyclic) bond motifs is 4. The molecule has 0 aliphatic carbocycles. The lowest BCUT2D eigenvalue weighted by atomic mass is 10.1. The van der Waals surface area contributed by atoms with Crippen molar-refractivity contribution in [3.8, 4) is 5.75 Å². The van der Waals surface area contributed by atoms with Crippen molar-refractivity contribution >= 4 is 11.8 Å². The average Bonchev–Trinajstić information content (AvgIpc) is 3.03. The van der Waals surface area contributed by atoms with Crippen LogP contribution in [0.3, 0.4) is 0 Å². The van der Waals surface area contributed by atoms with Crippen LogP contribution < -0.4 is 20.5 Å². The number of hydrogen-bond acceptors (Lipinski definition) is 5. The van der Waals surface area contributed by atoms with Crippen LogP contribution in [-0.2, 0) is 13.2 Å². The topological polar surface area (TPSA) is 83.9 Å². The zero-order chi connectivity index (χ0) is 27.0. The van der Waals surface area contributed by atoms with Gasteiger partial charge in [-0.3, -0.25) is 24.1 Å². The molecule has 2 aliphatic heterocycles. The Morgan fingerprint density at radius 2 is 1.79 bits per heavy atom. The van der Waals surface area contributed by atoms with E-state index >= 15 is 0 Å². The molecule has 2 amide bonds. The van der Waals surface area contributed by atoms with Crippen LogP contribution in [0.1, 0.15) is 58.7 Å². The molecule has 10 heteroatoms. The summed E-state index contributed by atoms with van der Waals surface area (Å²) in [5, 5.41) is 4.47. The van der Waals surface area contributed by atoms with Crippen LogP contribution in [0.25, 0.3) is 0 Å². The van der Waals surface area contributed by atoms with Crippen molar-refractivity contribution in [3.05, 3.63) is 99.0 Å². The van der Waals surface area contributed by atoms with Crippen LogP contribution in [0.2, 0.25) is 0 Å². The molecule has 2 aromatic carbocycles. The fourth-order valence-electron chi connectivity index (χ4n) is 4.84. The Labute approximate surface area is 218 Å². The van der Waals surface area contributed by atoms with Gasteiger partial charge in [-0.2, -0.15) is 0 Å². The highest BCUT2D eigenvalue weighted by molar-refractivity contribution is 5.99. The van der Waals surface area contributed by atoms with Gasteiger partial charge in [0.15, 0.2) is 11.4 Å². The molecule has 0 spiro atoms. The minimum Gasteiger partial charge on any atom is -0.482 e. The van der Waals surface area contributed by atoms with Crippen LogP contribution in [0, 0.1) is 11.6 Å². The highest BCUT2D eigenvalue weighted by Crippen LogP contribution is 2.29. The second-order valence-corrected chi connectivity index (χ2v) is 9.72. The lowest BCUT2D eigenvalue weighted by molar-refractivity contribution is 0.0624. The molecule has 3 aromatic rings. The smallest absolute Gasteiger partial charge is 0.278 e. The van der Waals surface area contributed by atoms with Gasteiger partial charge in [-0.1, -0.05) is 36.4 Å². The quantitative estimate of drug-likeness (QED) is 0.535. The first-order valence-electron chi connectivity index (χ1n) is 12.5. The molecule has 1 fully saturated rings. The zero-order valence-corrected chi connectivity index (χ0v) is 21.1. The summed E-state index contributed by atoms with van der Waals surface area (Å²) in [6.45, 7) is 4.07. The van der Waals surface area contributed by atoms with E-state index in [1.807, 2.05) is 49.2 Å². The number of carbonyl (C=O) groups excluding carboxylic acids is 2. The Balaban J connectivity index is 1.56. The fraction of sp³-hybridized carbons (Fsp3) is 0.321. The van der Waals surface area contributed by atoms with Crippen LogP contribution in [0.5, 0.6) is 5.75 Å². The number of nitrogens with one attached hydrogen (secondary N) is 1. The normalized spacial score (nSPS) is 18.6. The number of carbonyl (C=O) groups is 2. The highest BCUT2D eigenvalue weighted by atomic mass is 19.1. The lowest BCUT2D eigenvalue weighted by Gasteiger charge is -2.42. The standard InChI is InChI=1S/C28H28F2N4O4/c1-17-8-9-18(2)34-16-32(17)28(37)24-26(38-15-19-6-4-3-5-7-19)25(35)22(14-33(24)34)27(36)31-13-20-10-11-21(29)12-23(20)30/h3-7,10-12,14,17-18H,8-9,13,15-16H2,1-2H3,(H,31,36)/t17-,18+/m0/s1. The van der Waals surface area contributed by atoms with Gasteiger partial charge in [-0.15, -0.1) is 0 Å². The zero-order valence-electron chi connectivity index (χ0n) is 21.1. The van der Waals surface area contributed by atoms with E-state index in [2.05, 4.69) is 5.32 Å². The van der Waals surface area contributed by atoms with Gasteiger partial charge >= 0.3 is 0 Å². The number of aromatic nitrogens is 1. The van der Waals surface area contributed by atoms with Gasteiger partial charge < -0.3 is 15.0 Å². The molecular weight excluding hydrogens is 494 g/mol. The van der Waals surface area contributed by atoms with E-state index in [9.17, 15) is 23.2 Å². The third-order valence-electron chi connectivity index (χ3n) is 7.15. The molecule has 0 unspecified atom stereocenters. The van der Waals surface area contributed by atoms with Crippen LogP contribution in [-0.4, -0.2) is 40.1 Å². The maximum Gasteiger partial charge on any atom is 0.278 e. The third kappa shape index (κ3) is 4.73. The van der Waals surface area contributed by atoms with Crippen molar-refractivity contribution in [2.45, 2.75) is 51.9 Å². The van der Waals surface area contributed by atoms with E-state index in [1.165, 1.54) is 12.3 Å². The maximum absolute atomic E-state index is 14.1. The summed E-state index contributed by atoms with van der Waals surface area (Å²) < 4.78 is 34.9. The van der Waals surface area contributed by atoms with E-state index in [0.717, 1.165) is 30.5 Å². The van der Waals surface area contributed by atoms with Gasteiger partial charge in [-0.05, 0) is 38.3 Å². The van der Waals surface area contributed by atoms with E-state index in [-0.39, 0.29) is 53.7 Å². The molecular formula is C28H28F2N4O4. The highest BCUT2D eigenvalue weighted by Gasteiger charge is 2.40. The number of ether oxygens (including phenoxy) is 1. The minimum absolute atomic E-state index is 0.0167. The number of benzene rings is 2. The van der Waals surface area contributed by atoms with Crippen molar-refractivity contribution in [2.75, 3.05) is 11.7 Å². The third-order valence-corrected chi connectivity index (χ3v) is 7.15. The van der Waals surface area contributed by atoms with Gasteiger partial charge in [0.1, 0.15) is 30.5 Å². The molecule has 38 heavy (non-hydrogen) atoms. The maximum atomic E-state index is 14.1. The van der Waals surface area contributed by atoms with Gasteiger partial charge in [0.05, 0.1) is 0 Å². The molecule has 2 bridgehead atoms. The van der Waals surface area contributed by atoms with Gasteiger partial charge in [-0.25, -0.2) is 8.78 Å². The predicted molar refractivity (Wildman–Crippen MR) is 136 cm³/mol. The Morgan fingerprint density at radius 3 is 2.53 bits per heavy atom. The number of rotatable bonds is 6. The largest absolute Gasteiger partial charge is 0.482 e. The fourth-order valence-corrected chi connectivity index (χ4v) is 4.84. The average molecular weight is 523 g/mol. The summed E-state index contributed by atoms with van der Waals surface area (Å²) in [5.41, 5.74) is -0.0578. The number of hydrogen-bond donors (Lipinski definition) is 1. The van der Waals surface area contributed by atoms with Gasteiger partial charge in [0.25, 0.3) is 11.8 Å². The van der Waals surface area contributed by atoms with E-state index in [0.29, 0.717) is 6.67 Å². The van der Waals surface area contributed by atoms with Crippen molar-refractivity contribution in [1.82, 2.24) is 14.9 Å². The predicted octanol–water partition coefficient (Wildman–Crippen LogP) is 3.56. The SMILES string of the molecule is C[C@@H]1CC[C@H](C)N2CN1n1cc(C(=O)NCc3ccc(F)cc3F)c(=O)c(OCc3ccccc3)c1C2=O. The molecule has 1 saturated heterocycles. The first kappa shape index (κ1) is 25.4. The van der Waals surface area contributed by atoms with E-state index in [1.54, 1.807) is 9.58 Å². The Bertz CT molecular complexity index is 1440. The summed E-state index contributed by atoms with van der Waals surface area (Å²) in [5.74, 6) is -2.86. The van der Waals surface area contributed by atoms with Gasteiger partial charge in [0.2, 0.25) is 5.43 Å². The molecule has 2 aliphatic rings. The number of pyridine rings is 1. The lowest BCUT2D eigenvalue weighted by Crippen LogP contribution is -2.57. The summed E-state index contributed by atoms with van der Waals surface area (Å²) in [7, 11) is 0. The molecule has 5 rings (SSSR count). The van der Waals surface area contributed by atoms with E-state index in [4.69, 9.17) is 4.74 Å². The second kappa shape index (κ2) is 10.3. The van der Waals surface area contributed by atoms with Gasteiger partial charge in [0, 0.05) is 36.5 Å². The summed E-state index contributed by atoms with van der Waals surface area (Å²) in [4.78, 5) is 42.2. The molecule has 1 aromatic heterocycles. The van der Waals surface area contributed by atoms with Crippen LogP contribution >= 0.6 is 0 Å². The molecule has 198 valence electrons. The summed E-state index contributed by atoms with van der Waals surface area (Å²) in [6, 6.07) is 12.2. The van der Waals surface area contributed by atoms with E-state index < -0.39 is 23.0 Å². The molecule has 2 atom stereocenters. The Hall–Kier alpha value is -4.21. The Kier molecular flexibility index (Phi) is 6.88. The van der Waals surface area contributed by atoms with Crippen LogP contribution in [0.4, 0.5) is 8.78 Å². The van der Waals surface area contributed by atoms with Crippen molar-refractivity contribution in [1.29, 1.82) is 0 Å². The molecule has 1 N–H and O–H groups in total. The number of nitrogens with zero attached hydrogens (tertiary/aromatic N) is 3. The van der Waals surface area contributed by atoms with Crippen LogP contribution in [0.15, 0.2) is 59.5 Å². The van der Waals surface area contributed by atoms with Crippen molar-refractivity contribution in [3.63, 3.8) is 0 Å². The minimum atomic E-state index is -0.808. The second-order valence-electron chi connectivity index (χ2n) is 9.72. The molecule has 0 radical (unpaired) electrons. The first-order chi connectivity index (χ1) is 18.2. The molecule has 0 saturated carbocycles. The number of amides is 2. The van der Waals surface area contributed by atoms with Crippen molar-refractivity contribution in [2.24, 2.45) is 0 Å². The summed E-state index contributed by atoms with van der Waals surface area (Å²) in [6.07, 6.45) is 2.95. The molecule has 3 heterocycles. The Morgan fingerprint density at radius 1 is 1.05 bits per heavy atom. The summed E-state index contributed by atoms with van der Waals surface area (Å²) >= 11 is 0. The number of halogens is 2.